The van der Waals surface area contributed by atoms with E-state index in [1.54, 1.807) is 36.4 Å². The molecular formula is C19H18ClN5O2S. The fourth-order valence-corrected chi connectivity index (χ4v) is 3.36. The minimum absolute atomic E-state index is 0.140. The van der Waals surface area contributed by atoms with Gasteiger partial charge in [-0.05, 0) is 48.9 Å². The molecule has 0 aliphatic carbocycles. The van der Waals surface area contributed by atoms with E-state index in [0.29, 0.717) is 22.3 Å². The molecule has 0 saturated carbocycles. The highest BCUT2D eigenvalue weighted by Crippen LogP contribution is 2.25. The van der Waals surface area contributed by atoms with E-state index in [-0.39, 0.29) is 17.4 Å². The van der Waals surface area contributed by atoms with Crippen LogP contribution in [0.2, 0.25) is 5.02 Å². The third kappa shape index (κ3) is 5.11. The van der Waals surface area contributed by atoms with Crippen LogP contribution in [0, 0.1) is 0 Å². The van der Waals surface area contributed by atoms with Crippen LogP contribution < -0.4 is 5.43 Å². The molecule has 28 heavy (non-hydrogen) atoms. The molecule has 9 heteroatoms. The Morgan fingerprint density at radius 3 is 2.79 bits per heavy atom. The number of hydrazone groups is 1. The Balaban J connectivity index is 1.59. The fraction of sp³-hybridized carbons (Fsp3) is 0.158. The molecule has 0 spiro atoms. The summed E-state index contributed by atoms with van der Waals surface area (Å²) in [5.74, 6) is 0.751. The molecule has 0 unspecified atom stereocenters. The molecule has 0 aliphatic heterocycles. The molecule has 0 bridgehead atoms. The van der Waals surface area contributed by atoms with Gasteiger partial charge in [0.25, 0.3) is 5.91 Å². The van der Waals surface area contributed by atoms with Crippen molar-refractivity contribution in [1.82, 2.24) is 20.2 Å². The van der Waals surface area contributed by atoms with Crippen molar-refractivity contribution >= 4 is 35.5 Å². The van der Waals surface area contributed by atoms with Crippen LogP contribution in [0.3, 0.4) is 0 Å². The number of carbonyl (C=O) groups is 1. The number of thioether (sulfide) groups is 1. The van der Waals surface area contributed by atoms with Crippen LogP contribution in [0.25, 0.3) is 11.4 Å². The molecule has 2 N–H and O–H groups in total. The zero-order valence-electron chi connectivity index (χ0n) is 15.0. The van der Waals surface area contributed by atoms with Crippen LogP contribution in [0.1, 0.15) is 12.5 Å². The molecule has 1 heterocycles. The SMILES string of the molecule is CCn1c(SCC(=O)N/N=C/c2cccc(O)c2)nnc1-c1ccc(Cl)cc1. The summed E-state index contributed by atoms with van der Waals surface area (Å²) in [6.45, 7) is 2.66. The minimum Gasteiger partial charge on any atom is -0.508 e. The molecule has 0 radical (unpaired) electrons. The van der Waals surface area contributed by atoms with Crippen molar-refractivity contribution < 1.29 is 9.90 Å². The number of benzene rings is 2. The lowest BCUT2D eigenvalue weighted by Gasteiger charge is -2.07. The number of halogens is 1. The average Bonchev–Trinajstić information content (AvgIpc) is 3.10. The van der Waals surface area contributed by atoms with Crippen LogP contribution in [0.5, 0.6) is 5.75 Å². The van der Waals surface area contributed by atoms with E-state index in [1.165, 1.54) is 18.0 Å². The van der Waals surface area contributed by atoms with Crippen LogP contribution in [0.15, 0.2) is 58.8 Å². The Labute approximate surface area is 171 Å². The fourth-order valence-electron chi connectivity index (χ4n) is 2.44. The number of nitrogens with zero attached hydrogens (tertiary/aromatic N) is 4. The first kappa shape index (κ1) is 19.9. The van der Waals surface area contributed by atoms with Crippen LogP contribution in [0.4, 0.5) is 0 Å². The first-order valence-corrected chi connectivity index (χ1v) is 9.86. The Morgan fingerprint density at radius 1 is 1.29 bits per heavy atom. The maximum atomic E-state index is 12.0. The third-order valence-electron chi connectivity index (χ3n) is 3.74. The van der Waals surface area contributed by atoms with Gasteiger partial charge in [-0.1, -0.05) is 35.5 Å². The molecular weight excluding hydrogens is 398 g/mol. The Kier molecular flexibility index (Phi) is 6.67. The van der Waals surface area contributed by atoms with Crippen molar-refractivity contribution in [2.45, 2.75) is 18.6 Å². The van der Waals surface area contributed by atoms with Crippen LogP contribution in [-0.4, -0.2) is 37.7 Å². The summed E-state index contributed by atoms with van der Waals surface area (Å²) >= 11 is 7.22. The van der Waals surface area contributed by atoms with Gasteiger partial charge in [-0.25, -0.2) is 5.43 Å². The van der Waals surface area contributed by atoms with Gasteiger partial charge in [0.05, 0.1) is 12.0 Å². The van der Waals surface area contributed by atoms with Crippen molar-refractivity contribution in [3.05, 3.63) is 59.1 Å². The highest BCUT2D eigenvalue weighted by Gasteiger charge is 2.14. The second kappa shape index (κ2) is 9.38. The maximum Gasteiger partial charge on any atom is 0.250 e. The number of aromatic hydroxyl groups is 1. The van der Waals surface area contributed by atoms with Crippen molar-refractivity contribution in [3.63, 3.8) is 0 Å². The van der Waals surface area contributed by atoms with Crippen molar-refractivity contribution in [2.24, 2.45) is 5.10 Å². The minimum atomic E-state index is -0.264. The number of phenols is 1. The van der Waals surface area contributed by atoms with Crippen molar-refractivity contribution in [3.8, 4) is 17.1 Å². The largest absolute Gasteiger partial charge is 0.508 e. The van der Waals surface area contributed by atoms with Gasteiger partial charge in [0, 0.05) is 17.1 Å². The number of rotatable bonds is 7. The van der Waals surface area contributed by atoms with E-state index in [1.807, 2.05) is 23.6 Å². The lowest BCUT2D eigenvalue weighted by molar-refractivity contribution is -0.118. The average molecular weight is 416 g/mol. The maximum absolute atomic E-state index is 12.0. The van der Waals surface area contributed by atoms with E-state index in [9.17, 15) is 9.90 Å². The van der Waals surface area contributed by atoms with E-state index >= 15 is 0 Å². The molecule has 144 valence electrons. The first-order chi connectivity index (χ1) is 13.6. The quantitative estimate of drug-likeness (QED) is 0.349. The van der Waals surface area contributed by atoms with Gasteiger partial charge >= 0.3 is 0 Å². The van der Waals surface area contributed by atoms with E-state index in [0.717, 1.165) is 11.4 Å². The number of nitrogens with one attached hydrogen (secondary N) is 1. The van der Waals surface area contributed by atoms with Crippen LogP contribution >= 0.6 is 23.4 Å². The Bertz CT molecular complexity index is 988. The van der Waals surface area contributed by atoms with Gasteiger partial charge in [0.2, 0.25) is 0 Å². The molecule has 0 aliphatic rings. The summed E-state index contributed by atoms with van der Waals surface area (Å²) in [6.07, 6.45) is 1.47. The number of aromatic nitrogens is 3. The number of amides is 1. The predicted molar refractivity (Wildman–Crippen MR) is 111 cm³/mol. The lowest BCUT2D eigenvalue weighted by atomic mass is 10.2. The molecule has 7 nitrogen and oxygen atoms in total. The third-order valence-corrected chi connectivity index (χ3v) is 4.96. The second-order valence-electron chi connectivity index (χ2n) is 5.73. The zero-order chi connectivity index (χ0) is 19.9. The van der Waals surface area contributed by atoms with Gasteiger partial charge in [0.15, 0.2) is 11.0 Å². The zero-order valence-corrected chi connectivity index (χ0v) is 16.6. The second-order valence-corrected chi connectivity index (χ2v) is 7.11. The van der Waals surface area contributed by atoms with Gasteiger partial charge in [-0.15, -0.1) is 10.2 Å². The summed E-state index contributed by atoms with van der Waals surface area (Å²) in [6, 6.07) is 14.0. The molecule has 2 aromatic carbocycles. The molecule has 0 fully saturated rings. The summed E-state index contributed by atoms with van der Waals surface area (Å²) in [5, 5.41) is 23.0. The van der Waals surface area contributed by atoms with E-state index < -0.39 is 0 Å². The number of hydrogen-bond acceptors (Lipinski definition) is 6. The summed E-state index contributed by atoms with van der Waals surface area (Å²) in [4.78, 5) is 12.0. The van der Waals surface area contributed by atoms with Crippen molar-refractivity contribution in [1.29, 1.82) is 0 Å². The standard InChI is InChI=1S/C19H18ClN5O2S/c1-2-25-18(14-6-8-15(20)9-7-14)23-24-19(25)28-12-17(27)22-21-11-13-4-3-5-16(26)10-13/h3-11,26H,2,12H2,1H3,(H,22,27)/b21-11+. The summed E-state index contributed by atoms with van der Waals surface area (Å²) in [7, 11) is 0. The Hall–Kier alpha value is -2.84. The molecule has 0 atom stereocenters. The van der Waals surface area contributed by atoms with Crippen LogP contribution in [-0.2, 0) is 11.3 Å². The van der Waals surface area contributed by atoms with E-state index in [2.05, 4.69) is 20.7 Å². The predicted octanol–water partition coefficient (Wildman–Crippen LogP) is 3.57. The number of hydrogen-bond donors (Lipinski definition) is 2. The Morgan fingerprint density at radius 2 is 2.07 bits per heavy atom. The number of phenolic OH excluding ortho intramolecular Hbond substituents is 1. The molecule has 3 rings (SSSR count). The molecule has 1 aromatic heterocycles. The van der Waals surface area contributed by atoms with Gasteiger partial charge in [-0.3, -0.25) is 4.79 Å². The molecule has 3 aromatic rings. The molecule has 0 saturated heterocycles. The van der Waals surface area contributed by atoms with Gasteiger partial charge in [0.1, 0.15) is 5.75 Å². The lowest BCUT2D eigenvalue weighted by Crippen LogP contribution is -2.20. The normalized spacial score (nSPS) is 11.1. The van der Waals surface area contributed by atoms with Gasteiger partial charge in [-0.2, -0.15) is 5.10 Å². The molecule has 1 amide bonds. The topological polar surface area (TPSA) is 92.4 Å². The monoisotopic (exact) mass is 415 g/mol. The first-order valence-electron chi connectivity index (χ1n) is 8.49. The van der Waals surface area contributed by atoms with E-state index in [4.69, 9.17) is 11.6 Å². The highest BCUT2D eigenvalue weighted by molar-refractivity contribution is 7.99. The summed E-state index contributed by atoms with van der Waals surface area (Å²) < 4.78 is 1.94. The van der Waals surface area contributed by atoms with Crippen molar-refractivity contribution in [2.75, 3.05) is 5.75 Å². The number of carbonyl (C=O) groups excluding carboxylic acids is 1. The summed E-state index contributed by atoms with van der Waals surface area (Å²) in [5.41, 5.74) is 4.05. The van der Waals surface area contributed by atoms with Gasteiger partial charge < -0.3 is 9.67 Å². The highest BCUT2D eigenvalue weighted by atomic mass is 35.5. The smallest absolute Gasteiger partial charge is 0.250 e.